The van der Waals surface area contributed by atoms with E-state index in [1.54, 1.807) is 6.08 Å². The molecule has 1 spiro atoms. The van der Waals surface area contributed by atoms with Gasteiger partial charge < -0.3 is 0 Å². The number of unbranched alkanes of at least 4 members (excludes halogenated alkanes) is 1. The molecule has 1 atom stereocenters. The van der Waals surface area contributed by atoms with Gasteiger partial charge in [-0.25, -0.2) is 0 Å². The van der Waals surface area contributed by atoms with Crippen LogP contribution < -0.4 is 0 Å². The molecule has 6 aromatic carbocycles. The Kier molecular flexibility index (Phi) is 11.1. The molecule has 3 aliphatic rings. The van der Waals surface area contributed by atoms with Gasteiger partial charge in [-0.05, 0) is 140 Å². The van der Waals surface area contributed by atoms with Crippen molar-refractivity contribution in [2.45, 2.75) is 32.1 Å². The molecule has 59 heavy (non-hydrogen) atoms. The predicted molar refractivity (Wildman–Crippen MR) is 253 cm³/mol. The van der Waals surface area contributed by atoms with E-state index in [0.29, 0.717) is 0 Å². The summed E-state index contributed by atoms with van der Waals surface area (Å²) in [5.74, 6) is 5.35. The van der Waals surface area contributed by atoms with Gasteiger partial charge in [0, 0.05) is 12.0 Å². The summed E-state index contributed by atoms with van der Waals surface area (Å²) in [7, 11) is 0. The van der Waals surface area contributed by atoms with Crippen molar-refractivity contribution in [1.82, 2.24) is 0 Å². The minimum Gasteiger partial charge on any atom is -0.120 e. The fourth-order valence-corrected chi connectivity index (χ4v) is 8.97. The fraction of sp³-hybridized carbons (Fsp3) is 0.0847. The molecule has 0 saturated carbocycles. The number of hydrogen-bond donors (Lipinski definition) is 0. The maximum absolute atomic E-state index is 5.67. The van der Waals surface area contributed by atoms with Gasteiger partial charge >= 0.3 is 0 Å². The lowest BCUT2D eigenvalue weighted by atomic mass is 9.70. The molecular weight excluding hydrogens is 709 g/mol. The van der Waals surface area contributed by atoms with Gasteiger partial charge in [-0.15, -0.1) is 18.8 Å². The number of benzene rings is 6. The molecule has 0 radical (unpaired) electrons. The first-order chi connectivity index (χ1) is 29.1. The fourth-order valence-electron chi connectivity index (χ4n) is 8.97. The quantitative estimate of drug-likeness (QED) is 0.0823. The van der Waals surface area contributed by atoms with Crippen LogP contribution in [0.4, 0.5) is 0 Å². The third-order valence-corrected chi connectivity index (χ3v) is 11.6. The van der Waals surface area contributed by atoms with Crippen LogP contribution in [-0.2, 0) is 5.41 Å². The summed E-state index contributed by atoms with van der Waals surface area (Å²) in [5, 5.41) is 0. The Morgan fingerprint density at radius 2 is 1.20 bits per heavy atom. The van der Waals surface area contributed by atoms with E-state index in [2.05, 4.69) is 165 Å². The van der Waals surface area contributed by atoms with E-state index >= 15 is 0 Å². The summed E-state index contributed by atoms with van der Waals surface area (Å²) in [6, 6.07) is 47.3. The maximum atomic E-state index is 5.67. The molecule has 0 fully saturated rings. The SMILES string of the molecule is C#CCC\C=C/C=C\C(\C=C/C=C)=C\C.C#Cc1ccc(-c2ccc3c(c2)C2(c4ccccc4-3)c3ccccc3-c3cc4c(cc32)-c2ccccc2/C4=C/C=C\C)cc1. The molecule has 0 nitrogen and oxygen atoms in total. The Balaban J connectivity index is 0.000000278. The number of hydrogen-bond acceptors (Lipinski definition) is 0. The molecule has 0 heteroatoms. The van der Waals surface area contributed by atoms with Crippen molar-refractivity contribution in [3.05, 3.63) is 245 Å². The Morgan fingerprint density at radius 3 is 1.88 bits per heavy atom. The Labute approximate surface area is 350 Å². The Morgan fingerprint density at radius 1 is 0.576 bits per heavy atom. The summed E-state index contributed by atoms with van der Waals surface area (Å²) < 4.78 is 0. The molecule has 282 valence electrons. The summed E-state index contributed by atoms with van der Waals surface area (Å²) in [6.45, 7) is 7.71. The maximum Gasteiger partial charge on any atom is 0.0725 e. The van der Waals surface area contributed by atoms with Crippen molar-refractivity contribution in [1.29, 1.82) is 0 Å². The van der Waals surface area contributed by atoms with Gasteiger partial charge in [0.1, 0.15) is 0 Å². The van der Waals surface area contributed by atoms with E-state index in [1.165, 1.54) is 83.5 Å². The van der Waals surface area contributed by atoms with Crippen molar-refractivity contribution >= 4 is 5.57 Å². The van der Waals surface area contributed by atoms with Crippen LogP contribution in [-0.4, -0.2) is 0 Å². The zero-order chi connectivity index (χ0) is 40.8. The summed E-state index contributed by atoms with van der Waals surface area (Å²) in [4.78, 5) is 0. The van der Waals surface area contributed by atoms with Crippen molar-refractivity contribution in [3.63, 3.8) is 0 Å². The van der Waals surface area contributed by atoms with Crippen LogP contribution in [0.15, 0.2) is 206 Å². The molecule has 6 aromatic rings. The van der Waals surface area contributed by atoms with E-state index < -0.39 is 5.41 Å². The first-order valence-corrected chi connectivity index (χ1v) is 20.3. The van der Waals surface area contributed by atoms with E-state index in [-0.39, 0.29) is 0 Å². The second kappa shape index (κ2) is 17.0. The van der Waals surface area contributed by atoms with Crippen molar-refractivity contribution in [2.75, 3.05) is 0 Å². The predicted octanol–water partition coefficient (Wildman–Crippen LogP) is 14.9. The van der Waals surface area contributed by atoms with Crippen LogP contribution in [0.3, 0.4) is 0 Å². The van der Waals surface area contributed by atoms with Gasteiger partial charge in [0.05, 0.1) is 5.41 Å². The van der Waals surface area contributed by atoms with E-state index in [0.717, 1.165) is 24.0 Å². The van der Waals surface area contributed by atoms with E-state index in [4.69, 9.17) is 12.8 Å². The first-order valence-electron chi connectivity index (χ1n) is 20.3. The van der Waals surface area contributed by atoms with Crippen molar-refractivity contribution in [2.24, 2.45) is 0 Å². The molecule has 0 saturated heterocycles. The second-order valence-corrected chi connectivity index (χ2v) is 14.8. The highest BCUT2D eigenvalue weighted by Crippen LogP contribution is 2.64. The van der Waals surface area contributed by atoms with Gasteiger partial charge in [-0.1, -0.05) is 176 Å². The molecule has 0 N–H and O–H groups in total. The van der Waals surface area contributed by atoms with Crippen LogP contribution in [0.2, 0.25) is 0 Å². The number of allylic oxidation sites excluding steroid dienone is 12. The van der Waals surface area contributed by atoms with Crippen LogP contribution in [0, 0.1) is 24.7 Å². The van der Waals surface area contributed by atoms with Crippen LogP contribution in [0.25, 0.3) is 50.1 Å². The lowest BCUT2D eigenvalue weighted by Gasteiger charge is -2.31. The average Bonchev–Trinajstić information content (AvgIpc) is 3.88. The summed E-state index contributed by atoms with van der Waals surface area (Å²) in [6.07, 6.45) is 35.0. The Bertz CT molecular complexity index is 2860. The zero-order valence-corrected chi connectivity index (χ0v) is 33.8. The van der Waals surface area contributed by atoms with Crippen molar-refractivity contribution in [3.8, 4) is 69.2 Å². The molecule has 1 unspecified atom stereocenters. The smallest absolute Gasteiger partial charge is 0.0725 e. The van der Waals surface area contributed by atoms with Gasteiger partial charge in [-0.3, -0.25) is 0 Å². The standard InChI is InChI=1S/C44H28.C15H18/c1-3-5-12-32-31-13-6-7-14-33(31)38-27-43-39(26-37(32)38)35-16-9-11-18-41(35)44(43)40-17-10-8-15-34(40)36-24-23-30(25-42(36)44)29-21-19-28(4-2)20-22-29;1-4-7-9-10-11-12-14-15(6-3)13-8-5-2/h2-3,5-27H,1H3;1,5-6,8,10-14H,2,7,9H2,3H3/b5-3-,32-12-;11-10-,13-8-,14-12-,15-6+. The highest BCUT2D eigenvalue weighted by Gasteiger charge is 2.52. The molecule has 0 heterocycles. The Hall–Kier alpha value is -7.38. The third kappa shape index (κ3) is 6.80. The van der Waals surface area contributed by atoms with Gasteiger partial charge in [0.15, 0.2) is 0 Å². The van der Waals surface area contributed by atoms with Crippen LogP contribution in [0.5, 0.6) is 0 Å². The molecule has 0 amide bonds. The van der Waals surface area contributed by atoms with E-state index in [9.17, 15) is 0 Å². The van der Waals surface area contributed by atoms with Crippen molar-refractivity contribution < 1.29 is 0 Å². The molecule has 3 aliphatic carbocycles. The largest absolute Gasteiger partial charge is 0.120 e. The molecule has 9 rings (SSSR count). The normalized spacial score (nSPS) is 16.1. The lowest BCUT2D eigenvalue weighted by molar-refractivity contribution is 0.794. The van der Waals surface area contributed by atoms with Gasteiger partial charge in [-0.2, -0.15) is 0 Å². The third-order valence-electron chi connectivity index (χ3n) is 11.6. The van der Waals surface area contributed by atoms with Crippen LogP contribution in [0.1, 0.15) is 65.6 Å². The zero-order valence-electron chi connectivity index (χ0n) is 33.8. The van der Waals surface area contributed by atoms with E-state index in [1.807, 2.05) is 55.5 Å². The van der Waals surface area contributed by atoms with Gasteiger partial charge in [0.2, 0.25) is 0 Å². The monoisotopic (exact) mass is 754 g/mol. The minimum absolute atomic E-state index is 0.410. The highest BCUT2D eigenvalue weighted by atomic mass is 14.5. The summed E-state index contributed by atoms with van der Waals surface area (Å²) in [5.41, 5.74) is 21.2. The minimum atomic E-state index is -0.410. The second-order valence-electron chi connectivity index (χ2n) is 14.8. The molecule has 0 aromatic heterocycles. The number of fused-ring (bicyclic) bond motifs is 13. The average molecular weight is 755 g/mol. The first kappa shape index (κ1) is 38.5. The summed E-state index contributed by atoms with van der Waals surface area (Å²) >= 11 is 0. The topological polar surface area (TPSA) is 0 Å². The van der Waals surface area contributed by atoms with Gasteiger partial charge in [0.25, 0.3) is 0 Å². The van der Waals surface area contributed by atoms with Crippen LogP contribution >= 0.6 is 0 Å². The highest BCUT2D eigenvalue weighted by molar-refractivity contribution is 6.05. The number of rotatable bonds is 8. The molecule has 0 aliphatic heterocycles. The lowest BCUT2D eigenvalue weighted by Crippen LogP contribution is -2.26. The number of terminal acetylenes is 2. The molecular formula is C59H46. The molecule has 0 bridgehead atoms.